The third kappa shape index (κ3) is 5.41. The summed E-state index contributed by atoms with van der Waals surface area (Å²) in [6, 6.07) is 14.2. The zero-order valence-corrected chi connectivity index (χ0v) is 15.6. The van der Waals surface area contributed by atoms with Crippen molar-refractivity contribution < 1.29 is 13.9 Å². The second kappa shape index (κ2) is 9.33. The monoisotopic (exact) mass is 368 g/mol. The second-order valence-electron chi connectivity index (χ2n) is 6.64. The molecule has 142 valence electrons. The number of hydrogen-bond acceptors (Lipinski definition) is 3. The first-order valence-electron chi connectivity index (χ1n) is 9.20. The molecule has 0 atom stereocenters. The lowest BCUT2D eigenvalue weighted by molar-refractivity contribution is -0.130. The first-order chi connectivity index (χ1) is 13.2. The van der Waals surface area contributed by atoms with Crippen LogP contribution in [0.4, 0.5) is 4.39 Å². The minimum atomic E-state index is -0.256. The number of carbonyl (C=O) groups is 1. The number of methoxy groups -OCH3 is 1. The fourth-order valence-electron chi connectivity index (χ4n) is 3.20. The van der Waals surface area contributed by atoms with Crippen LogP contribution in [0.25, 0.3) is 6.08 Å². The molecule has 4 nitrogen and oxygen atoms in total. The molecule has 0 saturated carbocycles. The van der Waals surface area contributed by atoms with E-state index in [0.29, 0.717) is 19.5 Å². The topological polar surface area (TPSA) is 32.8 Å². The minimum absolute atomic E-state index is 0.149. The molecule has 0 N–H and O–H groups in total. The third-order valence-corrected chi connectivity index (χ3v) is 4.77. The van der Waals surface area contributed by atoms with Crippen LogP contribution in [0.15, 0.2) is 54.6 Å². The van der Waals surface area contributed by atoms with Crippen LogP contribution < -0.4 is 4.74 Å². The first kappa shape index (κ1) is 19.1. The Morgan fingerprint density at radius 3 is 2.63 bits per heavy atom. The Hall–Kier alpha value is -2.66. The molecule has 1 aliphatic heterocycles. The van der Waals surface area contributed by atoms with Gasteiger partial charge in [0.1, 0.15) is 11.6 Å². The van der Waals surface area contributed by atoms with Gasteiger partial charge in [-0.3, -0.25) is 9.69 Å². The number of ether oxygens (including phenoxy) is 1. The quantitative estimate of drug-likeness (QED) is 0.781. The number of benzene rings is 2. The molecule has 1 heterocycles. The smallest absolute Gasteiger partial charge is 0.224 e. The van der Waals surface area contributed by atoms with Crippen LogP contribution in [0.3, 0.4) is 0 Å². The van der Waals surface area contributed by atoms with Gasteiger partial charge in [-0.2, -0.15) is 0 Å². The molecule has 0 aromatic heterocycles. The van der Waals surface area contributed by atoms with Crippen molar-refractivity contribution in [3.05, 3.63) is 71.6 Å². The minimum Gasteiger partial charge on any atom is -0.496 e. The molecule has 0 aliphatic carbocycles. The van der Waals surface area contributed by atoms with Crippen LogP contribution in [0, 0.1) is 5.82 Å². The van der Waals surface area contributed by atoms with Gasteiger partial charge in [0.25, 0.3) is 0 Å². The van der Waals surface area contributed by atoms with Crippen molar-refractivity contribution >= 4 is 12.0 Å². The molecule has 0 bridgehead atoms. The van der Waals surface area contributed by atoms with Crippen LogP contribution in [0.2, 0.25) is 0 Å². The van der Waals surface area contributed by atoms with Gasteiger partial charge in [-0.25, -0.2) is 4.39 Å². The number of amides is 1. The molecular weight excluding hydrogens is 343 g/mol. The van der Waals surface area contributed by atoms with E-state index in [1.165, 1.54) is 12.1 Å². The summed E-state index contributed by atoms with van der Waals surface area (Å²) in [4.78, 5) is 16.5. The van der Waals surface area contributed by atoms with Crippen LogP contribution in [-0.4, -0.2) is 49.0 Å². The molecule has 0 spiro atoms. The summed E-state index contributed by atoms with van der Waals surface area (Å²) in [5.41, 5.74) is 2.00. The Bertz CT molecular complexity index is 789. The molecule has 2 aromatic carbocycles. The van der Waals surface area contributed by atoms with Crippen LogP contribution in [-0.2, 0) is 11.3 Å². The van der Waals surface area contributed by atoms with Gasteiger partial charge in [0.15, 0.2) is 0 Å². The van der Waals surface area contributed by atoms with Crippen molar-refractivity contribution in [3.8, 4) is 5.75 Å². The molecule has 0 radical (unpaired) electrons. The van der Waals surface area contributed by atoms with E-state index in [0.717, 1.165) is 36.5 Å². The Morgan fingerprint density at radius 2 is 1.85 bits per heavy atom. The summed E-state index contributed by atoms with van der Waals surface area (Å²) in [5, 5.41) is 0. The average Bonchev–Trinajstić information content (AvgIpc) is 2.86. The highest BCUT2D eigenvalue weighted by Crippen LogP contribution is 2.18. The van der Waals surface area contributed by atoms with Crippen LogP contribution >= 0.6 is 0 Å². The van der Waals surface area contributed by atoms with E-state index >= 15 is 0 Å². The van der Waals surface area contributed by atoms with Crippen LogP contribution in [0.5, 0.6) is 5.75 Å². The van der Waals surface area contributed by atoms with Crippen molar-refractivity contribution in [2.45, 2.75) is 13.0 Å². The molecule has 1 fully saturated rings. The number of nitrogens with zero attached hydrogens (tertiary/aromatic N) is 2. The van der Waals surface area contributed by atoms with E-state index in [9.17, 15) is 9.18 Å². The summed E-state index contributed by atoms with van der Waals surface area (Å²) in [6.45, 7) is 3.57. The highest BCUT2D eigenvalue weighted by Gasteiger charge is 2.20. The fourth-order valence-corrected chi connectivity index (χ4v) is 3.20. The lowest BCUT2D eigenvalue weighted by atomic mass is 10.2. The maximum atomic E-state index is 13.0. The molecule has 5 heteroatoms. The van der Waals surface area contributed by atoms with Crippen molar-refractivity contribution in [2.75, 3.05) is 33.3 Å². The van der Waals surface area contributed by atoms with E-state index in [1.807, 2.05) is 29.2 Å². The number of halogens is 1. The summed E-state index contributed by atoms with van der Waals surface area (Å²) in [7, 11) is 1.67. The molecule has 1 amide bonds. The Labute approximate surface area is 159 Å². The molecule has 1 saturated heterocycles. The normalized spacial score (nSPS) is 15.9. The van der Waals surface area contributed by atoms with Gasteiger partial charge < -0.3 is 9.64 Å². The summed E-state index contributed by atoms with van der Waals surface area (Å²) in [5.74, 6) is 0.745. The maximum Gasteiger partial charge on any atom is 0.224 e. The van der Waals surface area contributed by atoms with E-state index in [-0.39, 0.29) is 11.7 Å². The van der Waals surface area contributed by atoms with E-state index in [2.05, 4.69) is 17.1 Å². The van der Waals surface area contributed by atoms with Gasteiger partial charge in [-0.15, -0.1) is 0 Å². The summed E-state index contributed by atoms with van der Waals surface area (Å²) < 4.78 is 18.4. The van der Waals surface area contributed by atoms with Gasteiger partial charge in [0, 0.05) is 44.7 Å². The molecule has 27 heavy (non-hydrogen) atoms. The van der Waals surface area contributed by atoms with Gasteiger partial charge in [-0.1, -0.05) is 42.5 Å². The van der Waals surface area contributed by atoms with E-state index in [4.69, 9.17) is 4.74 Å². The van der Waals surface area contributed by atoms with Crippen molar-refractivity contribution in [3.63, 3.8) is 0 Å². The van der Waals surface area contributed by atoms with Crippen molar-refractivity contribution in [1.82, 2.24) is 9.80 Å². The Kier molecular flexibility index (Phi) is 6.60. The van der Waals surface area contributed by atoms with Gasteiger partial charge in [0.05, 0.1) is 7.11 Å². The van der Waals surface area contributed by atoms with Gasteiger partial charge in [-0.05, 0) is 23.8 Å². The standard InChI is InChI=1S/C22H25FN2O2/c1-27-21-7-3-2-5-19(21)6-4-13-24-14-12-22(26)25(16-15-24)17-18-8-10-20(23)11-9-18/h2-11H,12-17H2,1H3. The van der Waals surface area contributed by atoms with Crippen molar-refractivity contribution in [1.29, 1.82) is 0 Å². The van der Waals surface area contributed by atoms with Crippen LogP contribution in [0.1, 0.15) is 17.5 Å². The first-order valence-corrected chi connectivity index (χ1v) is 9.20. The highest BCUT2D eigenvalue weighted by molar-refractivity contribution is 5.76. The molecule has 0 unspecified atom stereocenters. The molecule has 3 rings (SSSR count). The second-order valence-corrected chi connectivity index (χ2v) is 6.64. The number of para-hydroxylation sites is 1. The lowest BCUT2D eigenvalue weighted by Gasteiger charge is -2.21. The predicted molar refractivity (Wildman–Crippen MR) is 105 cm³/mol. The summed E-state index contributed by atoms with van der Waals surface area (Å²) >= 11 is 0. The van der Waals surface area contributed by atoms with Gasteiger partial charge in [0.2, 0.25) is 5.91 Å². The molecular formula is C22H25FN2O2. The molecule has 1 aliphatic rings. The number of carbonyl (C=O) groups excluding carboxylic acids is 1. The maximum absolute atomic E-state index is 13.0. The SMILES string of the molecule is COc1ccccc1C=CCN1CCC(=O)N(Cc2ccc(F)cc2)CC1. The van der Waals surface area contributed by atoms with E-state index in [1.54, 1.807) is 19.2 Å². The predicted octanol–water partition coefficient (Wildman–Crippen LogP) is 3.58. The highest BCUT2D eigenvalue weighted by atomic mass is 19.1. The zero-order valence-electron chi connectivity index (χ0n) is 15.6. The van der Waals surface area contributed by atoms with E-state index < -0.39 is 0 Å². The zero-order chi connectivity index (χ0) is 19.1. The van der Waals surface area contributed by atoms with Gasteiger partial charge >= 0.3 is 0 Å². The number of rotatable bonds is 6. The Balaban J connectivity index is 1.55. The summed E-state index contributed by atoms with van der Waals surface area (Å²) in [6.07, 6.45) is 4.67. The third-order valence-electron chi connectivity index (χ3n) is 4.77. The Morgan fingerprint density at radius 1 is 1.07 bits per heavy atom. The number of hydrogen-bond donors (Lipinski definition) is 0. The average molecular weight is 368 g/mol. The lowest BCUT2D eigenvalue weighted by Crippen LogP contribution is -2.32. The largest absolute Gasteiger partial charge is 0.496 e. The molecule has 2 aromatic rings. The van der Waals surface area contributed by atoms with Crippen molar-refractivity contribution in [2.24, 2.45) is 0 Å². The fraction of sp³-hybridized carbons (Fsp3) is 0.318.